The van der Waals surface area contributed by atoms with Crippen LogP contribution >= 0.6 is 15.9 Å². The Morgan fingerprint density at radius 3 is 2.06 bits per heavy atom. The van der Waals surface area contributed by atoms with Crippen LogP contribution in [0.15, 0.2) is 22.7 Å². The van der Waals surface area contributed by atoms with Crippen LogP contribution in [0.3, 0.4) is 0 Å². The lowest BCUT2D eigenvalue weighted by Gasteiger charge is -2.04. The molecule has 0 saturated heterocycles. The first-order chi connectivity index (χ1) is 7.65. The van der Waals surface area contributed by atoms with Crippen molar-refractivity contribution in [3.8, 4) is 5.75 Å². The number of hydrogen-bond acceptors (Lipinski definition) is 2. The zero-order chi connectivity index (χ0) is 13.1. The lowest BCUT2D eigenvalue weighted by atomic mass is 10.1. The normalized spacial score (nSPS) is 7.94. The Balaban J connectivity index is 0. The third-order valence-electron chi connectivity index (χ3n) is 1.54. The number of carbonyl (C=O) groups excluding carboxylic acids is 1. The summed E-state index contributed by atoms with van der Waals surface area (Å²) in [5, 5.41) is 0. The first-order valence-corrected chi connectivity index (χ1v) is 6.29. The molecule has 0 unspecified atom stereocenters. The van der Waals surface area contributed by atoms with Gasteiger partial charge < -0.3 is 4.74 Å². The van der Waals surface area contributed by atoms with Gasteiger partial charge in [-0.25, -0.2) is 0 Å². The summed E-state index contributed by atoms with van der Waals surface area (Å²) in [5.41, 5.74) is 0.604. The van der Waals surface area contributed by atoms with Crippen molar-refractivity contribution in [2.75, 3.05) is 7.11 Å². The van der Waals surface area contributed by atoms with E-state index in [1.54, 1.807) is 19.2 Å². The minimum absolute atomic E-state index is 0.00755. The number of ketones is 1. The highest BCUT2D eigenvalue weighted by atomic mass is 79.9. The highest BCUT2D eigenvalue weighted by Crippen LogP contribution is 2.22. The Kier molecular flexibility index (Phi) is 11.7. The molecule has 0 aliphatic rings. The van der Waals surface area contributed by atoms with Gasteiger partial charge in [-0.1, -0.05) is 43.6 Å². The number of Topliss-reactive ketones (excluding diaryl/α,β-unsaturated/α-hetero) is 1. The topological polar surface area (TPSA) is 26.3 Å². The summed E-state index contributed by atoms with van der Waals surface area (Å²) in [5.74, 6) is 0.624. The van der Waals surface area contributed by atoms with Gasteiger partial charge in [0.15, 0.2) is 5.78 Å². The molecule has 92 valence electrons. The van der Waals surface area contributed by atoms with Crippen molar-refractivity contribution in [3.63, 3.8) is 0 Å². The molecule has 0 aromatic heterocycles. The third-order valence-corrected chi connectivity index (χ3v) is 2.03. The summed E-state index contributed by atoms with van der Waals surface area (Å²) in [6, 6.07) is 5.35. The summed E-state index contributed by atoms with van der Waals surface area (Å²) in [7, 11) is 1.55. The van der Waals surface area contributed by atoms with E-state index in [0.717, 1.165) is 4.47 Å². The predicted molar refractivity (Wildman–Crippen MR) is 73.4 cm³/mol. The minimum atomic E-state index is 0.00755. The van der Waals surface area contributed by atoms with Gasteiger partial charge in [-0.05, 0) is 25.1 Å². The molecule has 0 N–H and O–H groups in total. The zero-order valence-electron chi connectivity index (χ0n) is 10.9. The zero-order valence-corrected chi connectivity index (χ0v) is 12.5. The quantitative estimate of drug-likeness (QED) is 0.737. The number of methoxy groups -OCH3 is 1. The second-order valence-corrected chi connectivity index (χ2v) is 3.32. The number of ether oxygens (including phenoxy) is 1. The van der Waals surface area contributed by atoms with Crippen molar-refractivity contribution in [2.45, 2.75) is 34.6 Å². The molecule has 0 amide bonds. The average molecular weight is 289 g/mol. The lowest BCUT2D eigenvalue weighted by Crippen LogP contribution is -1.96. The largest absolute Gasteiger partial charge is 0.496 e. The number of halogens is 1. The second kappa shape index (κ2) is 10.7. The van der Waals surface area contributed by atoms with Crippen LogP contribution < -0.4 is 4.74 Å². The Morgan fingerprint density at radius 2 is 1.69 bits per heavy atom. The van der Waals surface area contributed by atoms with Gasteiger partial charge in [0.25, 0.3) is 0 Å². The maximum Gasteiger partial charge on any atom is 0.163 e. The molecule has 0 aliphatic carbocycles. The average Bonchev–Trinajstić information content (AvgIpc) is 2.34. The fourth-order valence-electron chi connectivity index (χ4n) is 0.955. The highest BCUT2D eigenvalue weighted by Gasteiger charge is 2.07. The van der Waals surface area contributed by atoms with E-state index < -0.39 is 0 Å². The van der Waals surface area contributed by atoms with Gasteiger partial charge in [-0.2, -0.15) is 0 Å². The Bertz CT molecular complexity index is 309. The molecular formula is C13H21BrO2. The summed E-state index contributed by atoms with van der Waals surface area (Å²) in [4.78, 5) is 11.1. The van der Waals surface area contributed by atoms with Crippen LogP contribution in [-0.4, -0.2) is 12.9 Å². The molecule has 0 saturated carbocycles. The van der Waals surface area contributed by atoms with E-state index in [4.69, 9.17) is 4.74 Å². The Hall–Kier alpha value is -0.830. The number of benzene rings is 1. The molecular weight excluding hydrogens is 268 g/mol. The van der Waals surface area contributed by atoms with Gasteiger partial charge >= 0.3 is 0 Å². The maximum absolute atomic E-state index is 11.1. The fourth-order valence-corrected chi connectivity index (χ4v) is 1.32. The van der Waals surface area contributed by atoms with E-state index >= 15 is 0 Å². The van der Waals surface area contributed by atoms with Crippen LogP contribution in [0.5, 0.6) is 5.75 Å². The van der Waals surface area contributed by atoms with Crippen LogP contribution in [0.1, 0.15) is 45.0 Å². The van der Waals surface area contributed by atoms with E-state index in [9.17, 15) is 4.79 Å². The molecule has 0 bridgehead atoms. The van der Waals surface area contributed by atoms with Crippen LogP contribution in [0, 0.1) is 0 Å². The minimum Gasteiger partial charge on any atom is -0.496 e. The molecule has 1 aromatic rings. The molecule has 3 heteroatoms. The first kappa shape index (κ1) is 17.6. The fraction of sp³-hybridized carbons (Fsp3) is 0.462. The molecule has 2 nitrogen and oxygen atoms in total. The van der Waals surface area contributed by atoms with E-state index in [-0.39, 0.29) is 5.78 Å². The van der Waals surface area contributed by atoms with Crippen LogP contribution in [-0.2, 0) is 0 Å². The third kappa shape index (κ3) is 5.91. The van der Waals surface area contributed by atoms with Crippen molar-refractivity contribution < 1.29 is 9.53 Å². The van der Waals surface area contributed by atoms with Crippen molar-refractivity contribution in [1.29, 1.82) is 0 Å². The monoisotopic (exact) mass is 288 g/mol. The summed E-state index contributed by atoms with van der Waals surface area (Å²) < 4.78 is 5.90. The van der Waals surface area contributed by atoms with E-state index in [0.29, 0.717) is 11.3 Å². The van der Waals surface area contributed by atoms with Gasteiger partial charge in [-0.15, -0.1) is 0 Å². The molecule has 0 aliphatic heterocycles. The van der Waals surface area contributed by atoms with Gasteiger partial charge in [0.1, 0.15) is 5.75 Å². The van der Waals surface area contributed by atoms with Crippen LogP contribution in [0.2, 0.25) is 0 Å². The Morgan fingerprint density at radius 1 is 1.19 bits per heavy atom. The van der Waals surface area contributed by atoms with Crippen molar-refractivity contribution >= 4 is 21.7 Å². The standard InChI is InChI=1S/C9H9BrO2.2C2H6/c1-6(11)8-5-7(10)3-4-9(8)12-2;2*1-2/h3-5H,1-2H3;2*1-2H3. The molecule has 16 heavy (non-hydrogen) atoms. The molecule has 0 heterocycles. The lowest BCUT2D eigenvalue weighted by molar-refractivity contribution is 0.101. The number of rotatable bonds is 2. The van der Waals surface area contributed by atoms with Crippen LogP contribution in [0.25, 0.3) is 0 Å². The van der Waals surface area contributed by atoms with Crippen molar-refractivity contribution in [1.82, 2.24) is 0 Å². The van der Waals surface area contributed by atoms with Crippen LogP contribution in [0.4, 0.5) is 0 Å². The van der Waals surface area contributed by atoms with E-state index in [1.807, 2.05) is 33.8 Å². The number of carbonyl (C=O) groups is 1. The van der Waals surface area contributed by atoms with Crippen molar-refractivity contribution in [2.24, 2.45) is 0 Å². The van der Waals surface area contributed by atoms with Gasteiger partial charge in [0.05, 0.1) is 12.7 Å². The summed E-state index contributed by atoms with van der Waals surface area (Å²) in [6.07, 6.45) is 0. The van der Waals surface area contributed by atoms with Gasteiger partial charge in [0.2, 0.25) is 0 Å². The molecule has 0 atom stereocenters. The summed E-state index contributed by atoms with van der Waals surface area (Å²) in [6.45, 7) is 9.52. The molecule has 0 spiro atoms. The molecule has 1 aromatic carbocycles. The molecule has 0 radical (unpaired) electrons. The van der Waals surface area contributed by atoms with Gasteiger partial charge in [-0.3, -0.25) is 4.79 Å². The molecule has 1 rings (SSSR count). The smallest absolute Gasteiger partial charge is 0.163 e. The molecule has 0 fully saturated rings. The van der Waals surface area contributed by atoms with Gasteiger partial charge in [0, 0.05) is 4.47 Å². The maximum atomic E-state index is 11.1. The number of hydrogen-bond donors (Lipinski definition) is 0. The second-order valence-electron chi connectivity index (χ2n) is 2.40. The van der Waals surface area contributed by atoms with E-state index in [1.165, 1.54) is 6.92 Å². The first-order valence-electron chi connectivity index (χ1n) is 5.49. The summed E-state index contributed by atoms with van der Waals surface area (Å²) >= 11 is 3.29. The van der Waals surface area contributed by atoms with Crippen molar-refractivity contribution in [3.05, 3.63) is 28.2 Å². The SMILES string of the molecule is CC.CC.COc1ccc(Br)cc1C(C)=O. The predicted octanol–water partition coefficient (Wildman–Crippen LogP) is 4.71. The Labute approximate surface area is 107 Å². The van der Waals surface area contributed by atoms with E-state index in [2.05, 4.69) is 15.9 Å². The highest BCUT2D eigenvalue weighted by molar-refractivity contribution is 9.10.